The summed E-state index contributed by atoms with van der Waals surface area (Å²) in [5, 5.41) is 6.47. The molecule has 1 aliphatic heterocycles. The number of carbonyl (C=O) groups is 1. The van der Waals surface area contributed by atoms with Crippen LogP contribution in [-0.4, -0.2) is 19.0 Å². The molecule has 1 amide bonds. The number of amides is 1. The SMILES string of the molecule is C#[N+][C@@]1(CNC(=O)C2CCCCC2)NCCc2ccccc21. The summed E-state index contributed by atoms with van der Waals surface area (Å²) in [6.07, 6.45) is 6.53. The largest absolute Gasteiger partial charge is 0.377 e. The number of nitrogens with one attached hydrogen (secondary N) is 2. The molecule has 4 heteroatoms. The normalized spacial score (nSPS) is 25.0. The number of rotatable bonds is 3. The first-order chi connectivity index (χ1) is 10.7. The van der Waals surface area contributed by atoms with Gasteiger partial charge in [0.2, 0.25) is 5.91 Å². The summed E-state index contributed by atoms with van der Waals surface area (Å²) in [5.74, 6) is 0.301. The van der Waals surface area contributed by atoms with Crippen molar-refractivity contribution in [2.75, 3.05) is 13.1 Å². The zero-order valence-corrected chi connectivity index (χ0v) is 13.0. The summed E-state index contributed by atoms with van der Waals surface area (Å²) in [5.41, 5.74) is 1.63. The van der Waals surface area contributed by atoms with E-state index < -0.39 is 5.66 Å². The second kappa shape index (κ2) is 6.50. The highest BCUT2D eigenvalue weighted by Gasteiger charge is 2.46. The molecule has 1 aromatic carbocycles. The molecule has 0 spiro atoms. The fourth-order valence-corrected chi connectivity index (χ4v) is 3.68. The average Bonchev–Trinajstić information content (AvgIpc) is 2.60. The average molecular weight is 298 g/mol. The van der Waals surface area contributed by atoms with Crippen LogP contribution in [0.5, 0.6) is 0 Å². The van der Waals surface area contributed by atoms with Gasteiger partial charge in [-0.15, -0.1) is 0 Å². The van der Waals surface area contributed by atoms with E-state index >= 15 is 0 Å². The van der Waals surface area contributed by atoms with Gasteiger partial charge in [0.15, 0.2) is 0 Å². The second-order valence-electron chi connectivity index (χ2n) is 6.38. The Morgan fingerprint density at radius 3 is 2.86 bits per heavy atom. The molecule has 4 nitrogen and oxygen atoms in total. The lowest BCUT2D eigenvalue weighted by atomic mass is 9.87. The molecule has 2 N–H and O–H groups in total. The molecule has 0 aromatic heterocycles. The van der Waals surface area contributed by atoms with E-state index in [0.29, 0.717) is 6.54 Å². The van der Waals surface area contributed by atoms with Gasteiger partial charge >= 0.3 is 5.66 Å². The van der Waals surface area contributed by atoms with Crippen LogP contribution in [0.15, 0.2) is 24.3 Å². The van der Waals surface area contributed by atoms with Crippen LogP contribution < -0.4 is 10.6 Å². The van der Waals surface area contributed by atoms with Gasteiger partial charge in [0.1, 0.15) is 6.54 Å². The molecule has 1 fully saturated rings. The molecule has 1 atom stereocenters. The lowest BCUT2D eigenvalue weighted by Crippen LogP contribution is -2.53. The minimum atomic E-state index is -0.695. The van der Waals surface area contributed by atoms with E-state index in [0.717, 1.165) is 44.2 Å². The van der Waals surface area contributed by atoms with E-state index in [4.69, 9.17) is 6.57 Å². The Labute approximate surface area is 132 Å². The van der Waals surface area contributed by atoms with Gasteiger partial charge < -0.3 is 5.32 Å². The maximum absolute atomic E-state index is 12.4. The van der Waals surface area contributed by atoms with E-state index in [2.05, 4.69) is 21.5 Å². The zero-order valence-electron chi connectivity index (χ0n) is 13.0. The molecular formula is C18H24N3O+. The third-order valence-corrected chi connectivity index (χ3v) is 4.99. The van der Waals surface area contributed by atoms with Crippen LogP contribution in [0.4, 0.5) is 0 Å². The van der Waals surface area contributed by atoms with Gasteiger partial charge in [-0.25, -0.2) is 5.32 Å². The summed E-state index contributed by atoms with van der Waals surface area (Å²) in [4.78, 5) is 16.5. The number of carbonyl (C=O) groups excluding carboxylic acids is 1. The molecule has 0 bridgehead atoms. The lowest BCUT2D eigenvalue weighted by molar-refractivity contribution is -0.126. The van der Waals surface area contributed by atoms with Crippen molar-refractivity contribution in [3.8, 4) is 6.57 Å². The number of hydrogen-bond acceptors (Lipinski definition) is 2. The van der Waals surface area contributed by atoms with Crippen LogP contribution in [0.2, 0.25) is 0 Å². The van der Waals surface area contributed by atoms with Gasteiger partial charge in [0, 0.05) is 12.5 Å². The molecule has 0 radical (unpaired) electrons. The van der Waals surface area contributed by atoms with Crippen molar-refractivity contribution >= 4 is 5.91 Å². The molecule has 0 unspecified atom stereocenters. The predicted molar refractivity (Wildman–Crippen MR) is 87.7 cm³/mol. The van der Waals surface area contributed by atoms with E-state index in [1.165, 1.54) is 12.0 Å². The van der Waals surface area contributed by atoms with Crippen LogP contribution in [0, 0.1) is 12.5 Å². The Kier molecular flexibility index (Phi) is 4.44. The highest BCUT2D eigenvalue weighted by Crippen LogP contribution is 2.30. The monoisotopic (exact) mass is 298 g/mol. The predicted octanol–water partition coefficient (Wildman–Crippen LogP) is 2.64. The van der Waals surface area contributed by atoms with E-state index in [1.807, 2.05) is 18.2 Å². The van der Waals surface area contributed by atoms with Gasteiger partial charge in [0.05, 0.1) is 5.56 Å². The summed E-state index contributed by atoms with van der Waals surface area (Å²) < 4.78 is 0. The topological polar surface area (TPSA) is 45.5 Å². The summed E-state index contributed by atoms with van der Waals surface area (Å²) in [6, 6.07) is 8.18. The Balaban J connectivity index is 1.72. The van der Waals surface area contributed by atoms with Crippen molar-refractivity contribution in [3.05, 3.63) is 40.2 Å². The van der Waals surface area contributed by atoms with Crippen molar-refractivity contribution in [2.45, 2.75) is 44.2 Å². The van der Waals surface area contributed by atoms with Crippen LogP contribution in [0.25, 0.3) is 4.85 Å². The second-order valence-corrected chi connectivity index (χ2v) is 6.38. The standard InChI is InChI=1S/C18H23N3O/c1-19-18(13-20-17(22)15-8-3-2-4-9-15)16-10-6-5-7-14(16)11-12-21-18/h1,5-7,10,15,21H,2-4,8-9,11-13H2/p+1/t18-/m0/s1. The molecule has 1 heterocycles. The lowest BCUT2D eigenvalue weighted by Gasteiger charge is -2.28. The fraction of sp³-hybridized carbons (Fsp3) is 0.556. The first-order valence-electron chi connectivity index (χ1n) is 8.28. The molecule has 1 aromatic rings. The number of nitrogens with zero attached hydrogens (tertiary/aromatic N) is 1. The third-order valence-electron chi connectivity index (χ3n) is 4.99. The molecule has 0 saturated heterocycles. The summed E-state index contributed by atoms with van der Waals surface area (Å²) in [6.45, 7) is 6.96. The van der Waals surface area contributed by atoms with E-state index in [1.54, 1.807) is 0 Å². The minimum Gasteiger partial charge on any atom is -0.346 e. The minimum absolute atomic E-state index is 0.146. The first kappa shape index (κ1) is 15.1. The Morgan fingerprint density at radius 1 is 1.32 bits per heavy atom. The molecule has 3 rings (SSSR count). The smallest absolute Gasteiger partial charge is 0.346 e. The van der Waals surface area contributed by atoms with Crippen molar-refractivity contribution in [1.82, 2.24) is 10.6 Å². The Hall–Kier alpha value is -1.86. The van der Waals surface area contributed by atoms with Crippen LogP contribution in [-0.2, 0) is 16.9 Å². The van der Waals surface area contributed by atoms with Crippen molar-refractivity contribution < 1.29 is 4.79 Å². The molecule has 2 aliphatic rings. The number of benzene rings is 1. The van der Waals surface area contributed by atoms with Crippen molar-refractivity contribution in [1.29, 1.82) is 0 Å². The fourth-order valence-electron chi connectivity index (χ4n) is 3.68. The number of fused-ring (bicyclic) bond motifs is 1. The molecule has 116 valence electrons. The molecule has 1 saturated carbocycles. The van der Waals surface area contributed by atoms with Gasteiger partial charge in [-0.3, -0.25) is 4.79 Å². The highest BCUT2D eigenvalue weighted by molar-refractivity contribution is 5.78. The maximum atomic E-state index is 12.4. The van der Waals surface area contributed by atoms with E-state index in [9.17, 15) is 4.79 Å². The summed E-state index contributed by atoms with van der Waals surface area (Å²) >= 11 is 0. The molecular weight excluding hydrogens is 274 g/mol. The quantitative estimate of drug-likeness (QED) is 0.901. The van der Waals surface area contributed by atoms with Crippen molar-refractivity contribution in [2.24, 2.45) is 5.92 Å². The van der Waals surface area contributed by atoms with Gasteiger partial charge in [-0.05, 0) is 30.9 Å². The van der Waals surface area contributed by atoms with Crippen LogP contribution >= 0.6 is 0 Å². The maximum Gasteiger partial charge on any atom is 0.377 e. The Morgan fingerprint density at radius 2 is 2.09 bits per heavy atom. The first-order valence-corrected chi connectivity index (χ1v) is 8.28. The van der Waals surface area contributed by atoms with Crippen LogP contribution in [0.3, 0.4) is 0 Å². The van der Waals surface area contributed by atoms with Crippen molar-refractivity contribution in [3.63, 3.8) is 0 Å². The van der Waals surface area contributed by atoms with Gasteiger partial charge in [-0.2, -0.15) is 0 Å². The highest BCUT2D eigenvalue weighted by atomic mass is 16.1. The zero-order chi connectivity index (χ0) is 15.4. The van der Waals surface area contributed by atoms with Crippen LogP contribution in [0.1, 0.15) is 43.2 Å². The number of hydrogen-bond donors (Lipinski definition) is 2. The third kappa shape index (κ3) is 2.86. The summed E-state index contributed by atoms with van der Waals surface area (Å²) in [7, 11) is 0. The Bertz CT molecular complexity index is 586. The van der Waals surface area contributed by atoms with E-state index in [-0.39, 0.29) is 11.8 Å². The molecule has 22 heavy (non-hydrogen) atoms. The van der Waals surface area contributed by atoms with Gasteiger partial charge in [-0.1, -0.05) is 42.3 Å². The van der Waals surface area contributed by atoms with Gasteiger partial charge in [0.25, 0.3) is 6.57 Å². The molecule has 1 aliphatic carbocycles.